The second-order valence-corrected chi connectivity index (χ2v) is 36.0. The number of ether oxygens (including phenoxy) is 12. The molecule has 0 bridgehead atoms. The maximum Gasteiger partial charge on any atom is 1.00 e. The van der Waals surface area contributed by atoms with Gasteiger partial charge in [-0.15, -0.1) is 0 Å². The molecular weight excluding hydrogens is 2150 g/mol. The van der Waals surface area contributed by atoms with E-state index in [2.05, 4.69) is 29.2 Å². The van der Waals surface area contributed by atoms with Crippen LogP contribution in [0.25, 0.3) is 44.5 Å². The number of benzene rings is 11. The number of carboxylic acids is 1. The SMILES string of the molecule is COC(=O)[C@@H](N)Cc1ccc(-c2c(Cl)cc(F)cc2Cl)c2c1OCCCO2.COC(=O)[C@H](Cc1ccc(-c2c(Cl)cc(F)cc2Cl)c2c1OCCCO2)NC(=O)c1c(F)cccc1F.COC1=N[C@H](C(C)C)C(OC)=N[C@H]1Cc1ccc(-c2c(Cl)cc(F)cc2Cl)c2c1OCCCO2.O.O=C(Cl)c1c(F)cccc1F.O=C(N[C@@H](Cc1ccc(-c2c(Cl)cc(F)cc2Cl)c2c1OCCCO2)C(=O)O)c1c(F)cccc1F.[Li+].[OH-]. The zero-order valence-electron chi connectivity index (χ0n) is 79.1. The molecule has 8 N–H and O–H groups in total. The number of nitrogens with zero attached hydrogens (tertiary/aromatic N) is 2. The van der Waals surface area contributed by atoms with E-state index >= 15 is 0 Å². The quantitative estimate of drug-likeness (QED) is 0.0225. The third-order valence-electron chi connectivity index (χ3n) is 22.3. The van der Waals surface area contributed by atoms with Gasteiger partial charge in [-0.25, -0.2) is 63.5 Å². The van der Waals surface area contributed by atoms with Crippen LogP contribution in [0, 0.1) is 64.1 Å². The molecular formula is C102H89Cl9F10LiN5O21. The van der Waals surface area contributed by atoms with Gasteiger partial charge in [0, 0.05) is 118 Å². The summed E-state index contributed by atoms with van der Waals surface area (Å²) in [7, 11) is 5.60. The van der Waals surface area contributed by atoms with Gasteiger partial charge < -0.3 is 89.3 Å². The van der Waals surface area contributed by atoms with Crippen molar-refractivity contribution in [1.82, 2.24) is 10.6 Å². The van der Waals surface area contributed by atoms with Crippen molar-refractivity contribution in [1.29, 1.82) is 0 Å². The molecule has 0 aliphatic carbocycles. The van der Waals surface area contributed by atoms with E-state index in [1.807, 2.05) is 12.1 Å². The molecule has 5 aliphatic rings. The van der Waals surface area contributed by atoms with Crippen LogP contribution >= 0.6 is 104 Å². The average molecular weight is 2240 g/mol. The Balaban J connectivity index is 0.000000211. The number of nitrogens with two attached hydrogens (primary N) is 1. The normalized spacial score (nSPS) is 14.6. The minimum absolute atomic E-state index is 0. The third kappa shape index (κ3) is 29.1. The van der Waals surface area contributed by atoms with E-state index in [-0.39, 0.29) is 150 Å². The Hall–Kier alpha value is -11.8. The summed E-state index contributed by atoms with van der Waals surface area (Å²) in [5.41, 5.74) is 9.43. The smallest absolute Gasteiger partial charge is 0.870 e. The van der Waals surface area contributed by atoms with E-state index in [1.54, 1.807) is 44.6 Å². The number of aliphatic carboxylic acids is 1. The van der Waals surface area contributed by atoms with E-state index in [0.29, 0.717) is 161 Å². The second kappa shape index (κ2) is 55.1. The molecule has 0 radical (unpaired) electrons. The van der Waals surface area contributed by atoms with Crippen LogP contribution in [0.2, 0.25) is 40.2 Å². The van der Waals surface area contributed by atoms with Gasteiger partial charge in [0.2, 0.25) is 11.8 Å². The van der Waals surface area contributed by atoms with Gasteiger partial charge in [0.15, 0.2) is 46.0 Å². The second-order valence-electron chi connectivity index (χ2n) is 32.4. The fourth-order valence-electron chi connectivity index (χ4n) is 15.6. The van der Waals surface area contributed by atoms with Gasteiger partial charge in [-0.3, -0.25) is 19.2 Å². The predicted molar refractivity (Wildman–Crippen MR) is 533 cm³/mol. The molecule has 16 rings (SSSR count). The molecule has 782 valence electrons. The number of hydrogen-bond donors (Lipinski definition) is 4. The maximum atomic E-state index is 14.1. The molecule has 0 fully saturated rings. The number of amides is 2. The molecule has 2 amide bonds. The third-order valence-corrected chi connectivity index (χ3v) is 24.9. The van der Waals surface area contributed by atoms with Crippen LogP contribution in [0.1, 0.15) is 92.9 Å². The van der Waals surface area contributed by atoms with E-state index in [9.17, 15) is 77.8 Å². The zero-order chi connectivity index (χ0) is 105. The molecule has 11 aromatic carbocycles. The van der Waals surface area contributed by atoms with Crippen molar-refractivity contribution in [2.24, 2.45) is 21.6 Å². The molecule has 26 nitrogen and oxygen atoms in total. The van der Waals surface area contributed by atoms with E-state index < -0.39 is 128 Å². The molecule has 46 heteroatoms. The minimum Gasteiger partial charge on any atom is -0.870 e. The van der Waals surface area contributed by atoms with E-state index in [0.717, 1.165) is 91.5 Å². The van der Waals surface area contributed by atoms with Gasteiger partial charge in [-0.05, 0) is 127 Å². The number of halogens is 19. The first kappa shape index (κ1) is 120. The van der Waals surface area contributed by atoms with Crippen molar-refractivity contribution in [2.45, 2.75) is 95.4 Å². The summed E-state index contributed by atoms with van der Waals surface area (Å²) in [5, 5.41) is 14.0. The van der Waals surface area contributed by atoms with Crippen LogP contribution in [0.15, 0.2) is 162 Å². The fraction of sp³-hybridized carbons (Fsp3) is 0.275. The minimum atomic E-state index is -1.56. The zero-order valence-corrected chi connectivity index (χ0v) is 85.9. The van der Waals surface area contributed by atoms with Crippen LogP contribution in [-0.4, -0.2) is 174 Å². The molecule has 0 aromatic heterocycles. The number of carbonyl (C=O) groups is 6. The number of methoxy groups -OCH3 is 4. The standard InChI is InChI=1S/C26H20Cl2F3NO5.C25H18Cl2F3NO5.C25H27Cl2FN2O4.C19H18Cl2FNO4.C7H3ClF2O.Li.2H2O/c1-35-26(34)20(32-25(33)22-18(30)4-2-5-19(22)31)10-13-6-7-15(24-23(13)36-8-3-9-37-24)21-16(27)11-14(29)12-17(21)28;26-15-10-13(28)11-16(27)20(15)14-6-5-12(22-23(14)36-8-2-7-35-22)9-19(25(33)34)31-24(32)21-17(29)3-1-4-18(21)30;1-13(2)21-25(32-4)29-19(24(30-21)31-3)10-14-6-7-16(23-22(14)33-8-5-9-34-23)20-17(26)11-15(28)12-18(20)27;1-25-19(24)15(23)7-10-3-4-12(18-17(10)26-5-2-6-27-18)16-13(20)8-11(22)9-14(16)21;8-7(11)6-4(9)2-1-3-5(6)10;;;/h2,4-7,11-12,20H,3,8-10H2,1H3,(H,32,33);1,3-6,10-11,19H,2,7-9H2,(H,31,32)(H,33,34);6-7,11-13,19,21H,5,8-10H2,1-4H3;3-4,8-9,15H,2,5-7,23H2,1H3;1-3H;;2*1H2/q;;;;;+1;;/p-1/t20-;19-;19-,21+;15-;;;;/m0000..../s1. The molecule has 0 saturated heterocycles. The van der Waals surface area contributed by atoms with Crippen LogP contribution in [0.4, 0.5) is 43.9 Å². The van der Waals surface area contributed by atoms with Crippen molar-refractivity contribution in [2.75, 3.05) is 81.3 Å². The predicted octanol–water partition coefficient (Wildman–Crippen LogP) is 19.8. The summed E-state index contributed by atoms with van der Waals surface area (Å²) < 4.78 is 204. The Morgan fingerprint density at radius 3 is 0.939 bits per heavy atom. The Labute approximate surface area is 897 Å². The summed E-state index contributed by atoms with van der Waals surface area (Å²) in [6.45, 7) is 7.06. The van der Waals surface area contributed by atoms with E-state index in [4.69, 9.17) is 172 Å². The van der Waals surface area contributed by atoms with Crippen molar-refractivity contribution < 1.29 is 164 Å². The Morgan fingerprint density at radius 2 is 0.662 bits per heavy atom. The molecule has 11 aromatic rings. The van der Waals surface area contributed by atoms with Crippen LogP contribution in [-0.2, 0) is 59.0 Å². The molecule has 0 saturated carbocycles. The topological polar surface area (TPSA) is 370 Å². The maximum absolute atomic E-state index is 14.1. The first-order chi connectivity index (χ1) is 69.2. The summed E-state index contributed by atoms with van der Waals surface area (Å²) >= 11 is 55.2. The van der Waals surface area contributed by atoms with Gasteiger partial charge in [0.05, 0.1) is 121 Å². The Morgan fingerprint density at radius 1 is 0.392 bits per heavy atom. The van der Waals surface area contributed by atoms with Gasteiger partial charge in [-0.2, -0.15) is 0 Å². The molecule has 0 unspecified atom stereocenters. The van der Waals surface area contributed by atoms with Gasteiger partial charge in [0.25, 0.3) is 17.1 Å². The molecule has 5 atom stereocenters. The van der Waals surface area contributed by atoms with Crippen molar-refractivity contribution in [3.05, 3.63) is 289 Å². The van der Waals surface area contributed by atoms with Gasteiger partial charge in [0.1, 0.15) is 105 Å². The van der Waals surface area contributed by atoms with Gasteiger partial charge >= 0.3 is 36.8 Å². The van der Waals surface area contributed by atoms with Crippen LogP contribution in [0.5, 0.6) is 46.0 Å². The number of esters is 2. The van der Waals surface area contributed by atoms with Crippen molar-refractivity contribution in [3.8, 4) is 90.5 Å². The first-order valence-electron chi connectivity index (χ1n) is 44.0. The Kier molecular flexibility index (Phi) is 44.6. The largest absolute Gasteiger partial charge is 1.00 e. The Bertz CT molecular complexity index is 6660. The van der Waals surface area contributed by atoms with Gasteiger partial charge in [-0.1, -0.05) is 149 Å². The molecule has 5 heterocycles. The number of nitrogens with one attached hydrogen (secondary N) is 2. The van der Waals surface area contributed by atoms with Crippen LogP contribution < -0.4 is 73.1 Å². The summed E-state index contributed by atoms with van der Waals surface area (Å²) in [6.07, 6.45) is 2.67. The molecule has 5 aliphatic heterocycles. The fourth-order valence-corrected chi connectivity index (χ4v) is 18.4. The number of rotatable bonds is 21. The van der Waals surface area contributed by atoms with E-state index in [1.165, 1.54) is 37.4 Å². The molecule has 148 heavy (non-hydrogen) atoms. The van der Waals surface area contributed by atoms with Crippen molar-refractivity contribution in [3.63, 3.8) is 0 Å². The number of carboxylic acid groups (broad SMARTS) is 1. The average Bonchev–Trinajstić information content (AvgIpc) is 1.99. The number of hydrogen-bond acceptors (Lipinski definition) is 22. The molecule has 0 spiro atoms. The van der Waals surface area contributed by atoms with Crippen LogP contribution in [0.3, 0.4) is 0 Å². The monoisotopic (exact) mass is 2230 g/mol. The number of fused-ring (bicyclic) bond motifs is 4. The number of carbonyl (C=O) groups excluding carboxylic acids is 5. The summed E-state index contributed by atoms with van der Waals surface area (Å²) in [5.74, 6) is -9.43. The summed E-state index contributed by atoms with van der Waals surface area (Å²) in [6, 6.07) is 27.5. The summed E-state index contributed by atoms with van der Waals surface area (Å²) in [4.78, 5) is 81.3. The van der Waals surface area contributed by atoms with Crippen molar-refractivity contribution >= 4 is 151 Å². The number of aliphatic imine (C=N–C) groups is 2. The first-order valence-corrected chi connectivity index (χ1v) is 47.4.